The van der Waals surface area contributed by atoms with Crippen LogP contribution in [0.1, 0.15) is 285 Å². The van der Waals surface area contributed by atoms with Crippen molar-refractivity contribution < 1.29 is 128 Å². The fourth-order valence-corrected chi connectivity index (χ4v) is 8.27. The standard InChI is InChI=1S/2C24H51O5P.K.Na/c2*1-3-5-7-9-10-11-12-13-14-15-16-17-18-19-20-21-23-27-29-30(25,26)28-24-22-8-6-4-2;;/h2*3-24H2,1-2H3,(H,25,26);;/q;;2*+1/p-2. The molecule has 0 aliphatic carbocycles. The van der Waals surface area contributed by atoms with Crippen LogP contribution < -0.4 is 90.7 Å². The number of hydrogen-bond donors (Lipinski definition) is 0. The largest absolute Gasteiger partial charge is 1.00 e. The summed E-state index contributed by atoms with van der Waals surface area (Å²) in [4.78, 5) is 32.6. The fourth-order valence-electron chi connectivity index (χ4n) is 7.08. The molecule has 10 nitrogen and oxygen atoms in total. The molecule has 0 aliphatic rings. The van der Waals surface area contributed by atoms with Gasteiger partial charge in [0.05, 0.1) is 26.4 Å². The zero-order valence-electron chi connectivity index (χ0n) is 42.1. The topological polar surface area (TPSA) is 136 Å². The molecule has 0 fully saturated rings. The van der Waals surface area contributed by atoms with Gasteiger partial charge in [-0.05, 0) is 25.7 Å². The third kappa shape index (κ3) is 64.9. The van der Waals surface area contributed by atoms with E-state index in [4.69, 9.17) is 18.8 Å². The average Bonchev–Trinajstić information content (AvgIpc) is 3.23. The van der Waals surface area contributed by atoms with Gasteiger partial charge in [-0.3, -0.25) is 9.13 Å². The molecule has 0 radical (unpaired) electrons. The molecule has 0 bridgehead atoms. The Labute approximate surface area is 449 Å². The first-order chi connectivity index (χ1) is 29.2. The van der Waals surface area contributed by atoms with Crippen molar-refractivity contribution in [2.45, 2.75) is 285 Å². The van der Waals surface area contributed by atoms with Crippen molar-refractivity contribution in [1.29, 1.82) is 0 Å². The van der Waals surface area contributed by atoms with E-state index in [9.17, 15) is 18.9 Å². The van der Waals surface area contributed by atoms with Crippen molar-refractivity contribution in [3.05, 3.63) is 0 Å². The molecule has 0 saturated heterocycles. The van der Waals surface area contributed by atoms with E-state index in [2.05, 4.69) is 37.0 Å². The van der Waals surface area contributed by atoms with Gasteiger partial charge in [0, 0.05) is 0 Å². The second kappa shape index (κ2) is 59.9. The Hall–Kier alpha value is 2.78. The molecule has 0 spiro atoms. The van der Waals surface area contributed by atoms with Gasteiger partial charge in [0.15, 0.2) is 0 Å². The molecule has 62 heavy (non-hydrogen) atoms. The van der Waals surface area contributed by atoms with Crippen LogP contribution in [-0.2, 0) is 37.3 Å². The molecule has 0 saturated carbocycles. The van der Waals surface area contributed by atoms with Gasteiger partial charge in [-0.25, -0.2) is 9.78 Å². The molecular formula is C48H100KNaO10P2. The molecule has 364 valence electrons. The summed E-state index contributed by atoms with van der Waals surface area (Å²) in [5, 5.41) is 0. The van der Waals surface area contributed by atoms with Crippen LogP contribution in [0.3, 0.4) is 0 Å². The molecule has 2 unspecified atom stereocenters. The molecule has 0 aromatic carbocycles. The summed E-state index contributed by atoms with van der Waals surface area (Å²) < 4.78 is 41.4. The van der Waals surface area contributed by atoms with Crippen molar-refractivity contribution in [2.75, 3.05) is 26.4 Å². The first-order valence-electron chi connectivity index (χ1n) is 25.8. The average molecular weight is 961 g/mol. The first-order valence-corrected chi connectivity index (χ1v) is 28.7. The summed E-state index contributed by atoms with van der Waals surface area (Å²) in [6.45, 7) is 9.68. The number of hydrogen-bond acceptors (Lipinski definition) is 10. The number of rotatable bonds is 50. The molecule has 2 atom stereocenters. The van der Waals surface area contributed by atoms with E-state index in [1.165, 1.54) is 180 Å². The maximum absolute atomic E-state index is 11.5. The molecule has 14 heteroatoms. The summed E-state index contributed by atoms with van der Waals surface area (Å²) in [5.74, 6) is 0. The minimum atomic E-state index is -4.30. The molecule has 0 aromatic heterocycles. The minimum Gasteiger partial charge on any atom is -0.754 e. The van der Waals surface area contributed by atoms with Crippen LogP contribution in [0.5, 0.6) is 0 Å². The van der Waals surface area contributed by atoms with Gasteiger partial charge in [0.25, 0.3) is 15.6 Å². The SMILES string of the molecule is CCCCCCCCCCCCCCCCCCOOP(=O)([O-])OCCCCCC.CCCCCCCCCCCCCCCCCCOOP(=O)([O-])OCCCCCC.[K+].[Na+]. The van der Waals surface area contributed by atoms with Crippen molar-refractivity contribution in [2.24, 2.45) is 0 Å². The van der Waals surface area contributed by atoms with Crippen molar-refractivity contribution in [1.82, 2.24) is 0 Å². The Kier molecular flexibility index (Phi) is 68.9. The molecular weight excluding hydrogens is 861 g/mol. The van der Waals surface area contributed by atoms with Crippen molar-refractivity contribution in [3.63, 3.8) is 0 Å². The van der Waals surface area contributed by atoms with E-state index in [1.54, 1.807) is 0 Å². The molecule has 0 heterocycles. The van der Waals surface area contributed by atoms with E-state index >= 15 is 0 Å². The molecule has 0 amide bonds. The van der Waals surface area contributed by atoms with Crippen LogP contribution >= 0.6 is 15.6 Å². The molecule has 0 N–H and O–H groups in total. The molecule has 0 aliphatic heterocycles. The smallest absolute Gasteiger partial charge is 0.754 e. The van der Waals surface area contributed by atoms with Gasteiger partial charge in [-0.2, -0.15) is 9.35 Å². The Morgan fingerprint density at radius 1 is 0.290 bits per heavy atom. The summed E-state index contributed by atoms with van der Waals surface area (Å²) in [6.07, 6.45) is 49.6. The van der Waals surface area contributed by atoms with E-state index in [1.807, 2.05) is 0 Å². The predicted octanol–water partition coefficient (Wildman–Crippen LogP) is 10.5. The fraction of sp³-hybridized carbons (Fsp3) is 1.00. The van der Waals surface area contributed by atoms with Gasteiger partial charge in [0.1, 0.15) is 0 Å². The van der Waals surface area contributed by atoms with Crippen molar-refractivity contribution in [3.8, 4) is 0 Å². The zero-order chi connectivity index (χ0) is 44.4. The van der Waals surface area contributed by atoms with Crippen LogP contribution in [0.4, 0.5) is 0 Å². The Morgan fingerprint density at radius 3 is 0.661 bits per heavy atom. The third-order valence-corrected chi connectivity index (χ3v) is 12.5. The molecule has 0 aromatic rings. The Morgan fingerprint density at radius 2 is 0.452 bits per heavy atom. The van der Waals surface area contributed by atoms with Gasteiger partial charge in [-0.15, -0.1) is 0 Å². The maximum atomic E-state index is 11.5. The normalized spacial score (nSPS) is 13.1. The van der Waals surface area contributed by atoms with Gasteiger partial charge in [-0.1, -0.05) is 259 Å². The van der Waals surface area contributed by atoms with Crippen LogP contribution in [-0.4, -0.2) is 26.4 Å². The summed E-state index contributed by atoms with van der Waals surface area (Å²) in [5.41, 5.74) is 0. The van der Waals surface area contributed by atoms with Crippen LogP contribution in [0.2, 0.25) is 0 Å². The number of phosphoric acid groups is 2. The number of phosphoric ester groups is 2. The molecule has 0 rings (SSSR count). The van der Waals surface area contributed by atoms with Crippen LogP contribution in [0.15, 0.2) is 0 Å². The second-order valence-corrected chi connectivity index (χ2v) is 19.7. The minimum absolute atomic E-state index is 0. The number of unbranched alkanes of at least 4 members (excludes halogenated alkanes) is 36. The van der Waals surface area contributed by atoms with E-state index in [0.717, 1.165) is 77.0 Å². The van der Waals surface area contributed by atoms with Crippen LogP contribution in [0, 0.1) is 0 Å². The summed E-state index contributed by atoms with van der Waals surface area (Å²) >= 11 is 0. The third-order valence-electron chi connectivity index (χ3n) is 10.9. The second-order valence-electron chi connectivity index (χ2n) is 17.1. The van der Waals surface area contributed by atoms with E-state index in [0.29, 0.717) is 13.2 Å². The van der Waals surface area contributed by atoms with Gasteiger partial charge >= 0.3 is 80.9 Å². The summed E-state index contributed by atoms with van der Waals surface area (Å²) in [6, 6.07) is 0. The quantitative estimate of drug-likeness (QED) is 0.0191. The first kappa shape index (κ1) is 71.3. The van der Waals surface area contributed by atoms with E-state index in [-0.39, 0.29) is 94.2 Å². The van der Waals surface area contributed by atoms with Crippen molar-refractivity contribution >= 4 is 15.6 Å². The maximum Gasteiger partial charge on any atom is 1.00 e. The summed E-state index contributed by atoms with van der Waals surface area (Å²) in [7, 11) is -8.61. The van der Waals surface area contributed by atoms with Gasteiger partial charge < -0.3 is 18.8 Å². The van der Waals surface area contributed by atoms with Crippen LogP contribution in [0.25, 0.3) is 0 Å². The van der Waals surface area contributed by atoms with E-state index < -0.39 is 15.6 Å². The van der Waals surface area contributed by atoms with Gasteiger partial charge in [0.2, 0.25) is 0 Å². The zero-order valence-corrected chi connectivity index (χ0v) is 49.0. The Bertz CT molecular complexity index is 842. The monoisotopic (exact) mass is 961 g/mol. The Balaban J connectivity index is -0.000000526. The predicted molar refractivity (Wildman–Crippen MR) is 249 cm³/mol.